The first-order valence-electron chi connectivity index (χ1n) is 7.38. The minimum absolute atomic E-state index is 0.177. The monoisotopic (exact) mass is 292 g/mol. The van der Waals surface area contributed by atoms with Crippen LogP contribution < -0.4 is 5.32 Å². The number of nitrogens with one attached hydrogen (secondary N) is 1. The van der Waals surface area contributed by atoms with Crippen LogP contribution in [0.4, 0.5) is 4.39 Å². The first kappa shape index (κ1) is 13.9. The Balaban J connectivity index is 1.59. The summed E-state index contributed by atoms with van der Waals surface area (Å²) in [5.74, 6) is 0.985. The van der Waals surface area contributed by atoms with Gasteiger partial charge in [0.2, 0.25) is 0 Å². The van der Waals surface area contributed by atoms with E-state index in [1.807, 2.05) is 23.9 Å². The zero-order valence-corrected chi connectivity index (χ0v) is 12.7. The Morgan fingerprint density at radius 3 is 2.70 bits per heavy atom. The number of nitrogens with zero attached hydrogens (tertiary/aromatic N) is 1. The maximum absolute atomic E-state index is 12.9. The Morgan fingerprint density at radius 1 is 1.30 bits per heavy atom. The third-order valence-corrected chi connectivity index (χ3v) is 5.38. The van der Waals surface area contributed by atoms with Gasteiger partial charge in [0.1, 0.15) is 5.82 Å². The van der Waals surface area contributed by atoms with Gasteiger partial charge in [-0.1, -0.05) is 36.7 Å². The maximum atomic E-state index is 12.9. The molecule has 1 spiro atoms. The fourth-order valence-corrected chi connectivity index (χ4v) is 4.42. The third-order valence-electron chi connectivity index (χ3n) is 4.20. The molecule has 0 aromatic heterocycles. The van der Waals surface area contributed by atoms with Crippen molar-refractivity contribution in [2.45, 2.75) is 50.6 Å². The summed E-state index contributed by atoms with van der Waals surface area (Å²) < 4.78 is 12.9. The van der Waals surface area contributed by atoms with Crippen LogP contribution in [0.25, 0.3) is 0 Å². The molecule has 2 nitrogen and oxygen atoms in total. The first-order chi connectivity index (χ1) is 9.65. The zero-order valence-electron chi connectivity index (χ0n) is 11.9. The summed E-state index contributed by atoms with van der Waals surface area (Å²) in [7, 11) is 0. The average molecular weight is 292 g/mol. The fraction of sp³-hybridized carbons (Fsp3) is 0.562. The average Bonchev–Trinajstić information content (AvgIpc) is 3.03. The van der Waals surface area contributed by atoms with Gasteiger partial charge in [0, 0.05) is 11.3 Å². The highest BCUT2D eigenvalue weighted by Crippen LogP contribution is 2.37. The van der Waals surface area contributed by atoms with Gasteiger partial charge < -0.3 is 5.32 Å². The van der Waals surface area contributed by atoms with Gasteiger partial charge in [-0.05, 0) is 43.9 Å². The molecule has 0 amide bonds. The van der Waals surface area contributed by atoms with Crippen LogP contribution in [0.15, 0.2) is 29.3 Å². The van der Waals surface area contributed by atoms with Crippen molar-refractivity contribution in [2.24, 2.45) is 4.99 Å². The quantitative estimate of drug-likeness (QED) is 0.917. The van der Waals surface area contributed by atoms with Crippen molar-refractivity contribution in [3.8, 4) is 0 Å². The molecule has 2 fully saturated rings. The molecule has 1 unspecified atom stereocenters. The van der Waals surface area contributed by atoms with Crippen LogP contribution in [-0.2, 0) is 6.42 Å². The molecule has 1 saturated carbocycles. The molecule has 20 heavy (non-hydrogen) atoms. The summed E-state index contributed by atoms with van der Waals surface area (Å²) in [6.07, 6.45) is 6.10. The lowest BCUT2D eigenvalue weighted by atomic mass is 10.0. The number of benzene rings is 1. The highest BCUT2D eigenvalue weighted by Gasteiger charge is 2.39. The van der Waals surface area contributed by atoms with Crippen molar-refractivity contribution in [2.75, 3.05) is 5.75 Å². The molecule has 1 heterocycles. The summed E-state index contributed by atoms with van der Waals surface area (Å²) in [4.78, 5) is 4.79. The van der Waals surface area contributed by atoms with E-state index in [2.05, 4.69) is 12.2 Å². The van der Waals surface area contributed by atoms with Crippen molar-refractivity contribution in [3.63, 3.8) is 0 Å². The molecule has 1 aliphatic heterocycles. The van der Waals surface area contributed by atoms with E-state index >= 15 is 0 Å². The van der Waals surface area contributed by atoms with Crippen molar-refractivity contribution in [1.29, 1.82) is 0 Å². The van der Waals surface area contributed by atoms with Crippen LogP contribution in [0, 0.1) is 5.82 Å². The molecule has 0 bridgehead atoms. The van der Waals surface area contributed by atoms with Gasteiger partial charge in [-0.3, -0.25) is 4.99 Å². The van der Waals surface area contributed by atoms with E-state index in [1.54, 1.807) is 0 Å². The Bertz CT molecular complexity index is 492. The molecule has 1 N–H and O–H groups in total. The van der Waals surface area contributed by atoms with Crippen LogP contribution in [0.1, 0.15) is 38.2 Å². The molecule has 1 aliphatic carbocycles. The molecule has 0 radical (unpaired) electrons. The van der Waals surface area contributed by atoms with Crippen LogP contribution in [0.3, 0.4) is 0 Å². The van der Waals surface area contributed by atoms with E-state index in [4.69, 9.17) is 4.99 Å². The van der Waals surface area contributed by atoms with Gasteiger partial charge in [0.25, 0.3) is 0 Å². The van der Waals surface area contributed by atoms with E-state index < -0.39 is 0 Å². The van der Waals surface area contributed by atoms with Crippen molar-refractivity contribution >= 4 is 16.9 Å². The Labute approximate surface area is 124 Å². The van der Waals surface area contributed by atoms with Gasteiger partial charge >= 0.3 is 0 Å². The standard InChI is InChI=1S/C16H21FN2S/c1-12(10-13-4-6-14(17)7-5-13)18-15-19-16(11-20-15)8-2-3-9-16/h4-7,12H,2-3,8-11H2,1H3,(H,18,19). The second-order valence-electron chi connectivity index (χ2n) is 6.01. The Hall–Kier alpha value is -1.03. The number of rotatable bonds is 3. The highest BCUT2D eigenvalue weighted by molar-refractivity contribution is 8.14. The molecule has 1 aromatic carbocycles. The summed E-state index contributed by atoms with van der Waals surface area (Å²) in [5.41, 5.74) is 1.47. The van der Waals surface area contributed by atoms with Crippen LogP contribution in [-0.4, -0.2) is 22.5 Å². The topological polar surface area (TPSA) is 24.4 Å². The van der Waals surface area contributed by atoms with Crippen LogP contribution in [0.2, 0.25) is 0 Å². The molecule has 1 aromatic rings. The van der Waals surface area contributed by atoms with E-state index in [0.717, 1.165) is 22.9 Å². The van der Waals surface area contributed by atoms with E-state index in [-0.39, 0.29) is 11.9 Å². The van der Waals surface area contributed by atoms with Gasteiger partial charge in [-0.2, -0.15) is 0 Å². The second kappa shape index (κ2) is 5.76. The molecular weight excluding hydrogens is 271 g/mol. The summed E-state index contributed by atoms with van der Waals surface area (Å²) in [6.45, 7) is 2.12. The van der Waals surface area contributed by atoms with Gasteiger partial charge in [-0.15, -0.1) is 0 Å². The molecule has 3 rings (SSSR count). The molecule has 1 atom stereocenters. The number of halogens is 1. The minimum atomic E-state index is -0.177. The summed E-state index contributed by atoms with van der Waals surface area (Å²) in [6, 6.07) is 6.96. The van der Waals surface area contributed by atoms with Crippen LogP contribution >= 0.6 is 11.8 Å². The highest BCUT2D eigenvalue weighted by atomic mass is 32.2. The molecule has 2 aliphatic rings. The van der Waals surface area contributed by atoms with Crippen molar-refractivity contribution in [1.82, 2.24) is 5.32 Å². The van der Waals surface area contributed by atoms with Gasteiger partial charge in [0.15, 0.2) is 5.17 Å². The van der Waals surface area contributed by atoms with Crippen molar-refractivity contribution < 1.29 is 4.39 Å². The molecule has 108 valence electrons. The fourth-order valence-electron chi connectivity index (χ4n) is 3.10. The normalized spacial score (nSPS) is 24.2. The molecule has 4 heteroatoms. The van der Waals surface area contributed by atoms with Crippen molar-refractivity contribution in [3.05, 3.63) is 35.6 Å². The van der Waals surface area contributed by atoms with E-state index in [9.17, 15) is 4.39 Å². The number of amidine groups is 1. The lowest BCUT2D eigenvalue weighted by molar-refractivity contribution is 0.452. The molecule has 1 saturated heterocycles. The van der Waals surface area contributed by atoms with Crippen LogP contribution in [0.5, 0.6) is 0 Å². The predicted molar refractivity (Wildman–Crippen MR) is 83.8 cm³/mol. The zero-order chi connectivity index (χ0) is 14.0. The SMILES string of the molecule is CC(Cc1ccc(F)cc1)N=C1NC2(CCCC2)CS1. The first-order valence-corrected chi connectivity index (χ1v) is 8.37. The number of thioether (sulfide) groups is 1. The molecular formula is C16H21FN2S. The third kappa shape index (κ3) is 3.17. The Morgan fingerprint density at radius 2 is 2.00 bits per heavy atom. The minimum Gasteiger partial charge on any atom is -0.359 e. The Kier molecular flexibility index (Phi) is 4.01. The smallest absolute Gasteiger partial charge is 0.157 e. The van der Waals surface area contributed by atoms with E-state index in [1.165, 1.54) is 37.8 Å². The second-order valence-corrected chi connectivity index (χ2v) is 6.98. The predicted octanol–water partition coefficient (Wildman–Crippen LogP) is 3.76. The number of hydrogen-bond donors (Lipinski definition) is 1. The maximum Gasteiger partial charge on any atom is 0.157 e. The summed E-state index contributed by atoms with van der Waals surface area (Å²) >= 11 is 1.86. The largest absolute Gasteiger partial charge is 0.359 e. The van der Waals surface area contributed by atoms with Gasteiger partial charge in [0.05, 0.1) is 6.04 Å². The lowest BCUT2D eigenvalue weighted by Crippen LogP contribution is -2.40. The number of aliphatic imine (C=N–C) groups is 1. The lowest BCUT2D eigenvalue weighted by Gasteiger charge is -2.22. The number of hydrogen-bond acceptors (Lipinski definition) is 2. The van der Waals surface area contributed by atoms with E-state index in [0.29, 0.717) is 5.54 Å². The summed E-state index contributed by atoms with van der Waals surface area (Å²) in [5, 5.41) is 4.74. The van der Waals surface area contributed by atoms with Gasteiger partial charge in [-0.25, -0.2) is 4.39 Å².